The minimum atomic E-state index is 0.00584. The predicted octanol–water partition coefficient (Wildman–Crippen LogP) is 0.324. The molecular formula is C11H23N3O. The summed E-state index contributed by atoms with van der Waals surface area (Å²) >= 11 is 0. The highest BCUT2D eigenvalue weighted by molar-refractivity contribution is 5.76. The lowest BCUT2D eigenvalue weighted by Gasteiger charge is -2.20. The fraction of sp³-hybridized carbons (Fsp3) is 0.909. The maximum Gasteiger partial charge on any atom is 0.221 e. The van der Waals surface area contributed by atoms with Crippen molar-refractivity contribution in [3.63, 3.8) is 0 Å². The lowest BCUT2D eigenvalue weighted by Crippen LogP contribution is -2.40. The van der Waals surface area contributed by atoms with Gasteiger partial charge in [0.05, 0.1) is 0 Å². The van der Waals surface area contributed by atoms with E-state index in [9.17, 15) is 4.79 Å². The fourth-order valence-corrected chi connectivity index (χ4v) is 1.92. The van der Waals surface area contributed by atoms with E-state index in [1.165, 1.54) is 12.8 Å². The molecule has 0 spiro atoms. The fourth-order valence-electron chi connectivity index (χ4n) is 1.92. The summed E-state index contributed by atoms with van der Waals surface area (Å²) in [6.45, 7) is 3.92. The van der Waals surface area contributed by atoms with Crippen LogP contribution in [0, 0.1) is 0 Å². The Bertz CT molecular complexity index is 208. The van der Waals surface area contributed by atoms with Gasteiger partial charge in [-0.25, -0.2) is 0 Å². The van der Waals surface area contributed by atoms with Crippen molar-refractivity contribution < 1.29 is 4.79 Å². The summed E-state index contributed by atoms with van der Waals surface area (Å²) in [5.41, 5.74) is 5.71. The number of nitrogens with two attached hydrogens (primary N) is 1. The first kappa shape index (κ1) is 12.5. The van der Waals surface area contributed by atoms with Gasteiger partial charge >= 0.3 is 0 Å². The third kappa shape index (κ3) is 4.18. The van der Waals surface area contributed by atoms with Crippen molar-refractivity contribution in [2.75, 3.05) is 20.1 Å². The van der Waals surface area contributed by atoms with E-state index in [0.29, 0.717) is 12.5 Å². The van der Waals surface area contributed by atoms with Crippen molar-refractivity contribution >= 4 is 5.91 Å². The largest absolute Gasteiger partial charge is 0.354 e. The van der Waals surface area contributed by atoms with Crippen LogP contribution in [0.3, 0.4) is 0 Å². The van der Waals surface area contributed by atoms with Crippen LogP contribution >= 0.6 is 0 Å². The van der Waals surface area contributed by atoms with Crippen LogP contribution < -0.4 is 11.1 Å². The Morgan fingerprint density at radius 3 is 2.93 bits per heavy atom. The molecule has 0 radical (unpaired) electrons. The minimum absolute atomic E-state index is 0.00584. The first-order valence-corrected chi connectivity index (χ1v) is 5.86. The summed E-state index contributed by atoms with van der Waals surface area (Å²) in [6.07, 6.45) is 3.74. The Kier molecular flexibility index (Phi) is 5.05. The first-order chi connectivity index (χ1) is 7.13. The van der Waals surface area contributed by atoms with Crippen LogP contribution in [0.4, 0.5) is 0 Å². The maximum atomic E-state index is 11.5. The molecule has 15 heavy (non-hydrogen) atoms. The molecule has 0 bridgehead atoms. The number of hydrogen-bond acceptors (Lipinski definition) is 3. The number of likely N-dealkylation sites (tertiary alicyclic amines) is 1. The molecule has 3 N–H and O–H groups in total. The van der Waals surface area contributed by atoms with E-state index in [1.807, 2.05) is 6.92 Å². The van der Waals surface area contributed by atoms with Crippen molar-refractivity contribution in [2.45, 2.75) is 44.7 Å². The van der Waals surface area contributed by atoms with Crippen LogP contribution in [0.25, 0.3) is 0 Å². The second-order valence-corrected chi connectivity index (χ2v) is 4.45. The standard InChI is InChI=1S/C11H23N3O/c1-3-9(12)7-11(15)13-8-10-5-4-6-14(10)2/h9-10H,3-8,12H2,1-2H3,(H,13,15). The second kappa shape index (κ2) is 6.08. The number of carbonyl (C=O) groups is 1. The predicted molar refractivity (Wildman–Crippen MR) is 61.5 cm³/mol. The Morgan fingerprint density at radius 2 is 2.40 bits per heavy atom. The zero-order valence-electron chi connectivity index (χ0n) is 9.83. The second-order valence-electron chi connectivity index (χ2n) is 4.45. The van der Waals surface area contributed by atoms with Gasteiger partial charge in [0, 0.05) is 25.0 Å². The quantitative estimate of drug-likeness (QED) is 0.691. The van der Waals surface area contributed by atoms with Gasteiger partial charge < -0.3 is 16.0 Å². The first-order valence-electron chi connectivity index (χ1n) is 5.86. The number of likely N-dealkylation sites (N-methyl/N-ethyl adjacent to an activating group) is 1. The highest BCUT2D eigenvalue weighted by atomic mass is 16.1. The molecule has 1 heterocycles. The molecule has 1 amide bonds. The number of hydrogen-bond donors (Lipinski definition) is 2. The molecule has 2 atom stereocenters. The van der Waals surface area contributed by atoms with Gasteiger partial charge in [-0.2, -0.15) is 0 Å². The lowest BCUT2D eigenvalue weighted by atomic mass is 10.1. The molecule has 4 heteroatoms. The van der Waals surface area contributed by atoms with Gasteiger partial charge in [0.25, 0.3) is 0 Å². The summed E-state index contributed by atoms with van der Waals surface area (Å²) in [6, 6.07) is 0.526. The van der Waals surface area contributed by atoms with Crippen LogP contribution in [-0.4, -0.2) is 43.0 Å². The van der Waals surface area contributed by atoms with E-state index in [1.54, 1.807) is 0 Å². The topological polar surface area (TPSA) is 58.4 Å². The highest BCUT2D eigenvalue weighted by Crippen LogP contribution is 2.13. The van der Waals surface area contributed by atoms with Crippen LogP contribution in [0.2, 0.25) is 0 Å². The Balaban J connectivity index is 2.16. The molecule has 1 aliphatic heterocycles. The van der Waals surface area contributed by atoms with Gasteiger partial charge in [-0.05, 0) is 32.9 Å². The van der Waals surface area contributed by atoms with Crippen molar-refractivity contribution in [3.05, 3.63) is 0 Å². The van der Waals surface area contributed by atoms with Gasteiger partial charge in [-0.1, -0.05) is 6.92 Å². The van der Waals surface area contributed by atoms with E-state index in [-0.39, 0.29) is 11.9 Å². The van der Waals surface area contributed by atoms with Crippen LogP contribution in [-0.2, 0) is 4.79 Å². The van der Waals surface area contributed by atoms with Gasteiger partial charge in [-0.3, -0.25) is 4.79 Å². The average molecular weight is 213 g/mol. The van der Waals surface area contributed by atoms with Crippen molar-refractivity contribution in [2.24, 2.45) is 5.73 Å². The van der Waals surface area contributed by atoms with E-state index in [0.717, 1.165) is 19.5 Å². The molecule has 0 aliphatic carbocycles. The third-order valence-electron chi connectivity index (χ3n) is 3.18. The maximum absolute atomic E-state index is 11.5. The Hall–Kier alpha value is -0.610. The molecule has 88 valence electrons. The van der Waals surface area contributed by atoms with Crippen molar-refractivity contribution in [1.82, 2.24) is 10.2 Å². The molecule has 0 saturated carbocycles. The van der Waals surface area contributed by atoms with E-state index in [4.69, 9.17) is 5.73 Å². The molecule has 1 rings (SSSR count). The van der Waals surface area contributed by atoms with Gasteiger partial charge in [0.2, 0.25) is 5.91 Å². The smallest absolute Gasteiger partial charge is 0.221 e. The summed E-state index contributed by atoms with van der Waals surface area (Å²) in [4.78, 5) is 13.8. The molecule has 0 aromatic rings. The molecule has 2 unspecified atom stereocenters. The van der Waals surface area contributed by atoms with E-state index < -0.39 is 0 Å². The zero-order chi connectivity index (χ0) is 11.3. The number of nitrogens with zero attached hydrogens (tertiary/aromatic N) is 1. The Morgan fingerprint density at radius 1 is 1.67 bits per heavy atom. The van der Waals surface area contributed by atoms with Crippen LogP contribution in [0.1, 0.15) is 32.6 Å². The van der Waals surface area contributed by atoms with Crippen molar-refractivity contribution in [1.29, 1.82) is 0 Å². The SMILES string of the molecule is CCC(N)CC(=O)NCC1CCCN1C. The molecule has 0 aromatic carbocycles. The molecule has 4 nitrogen and oxygen atoms in total. The Labute approximate surface area is 92.2 Å². The third-order valence-corrected chi connectivity index (χ3v) is 3.18. The monoisotopic (exact) mass is 213 g/mol. The number of nitrogens with one attached hydrogen (secondary N) is 1. The van der Waals surface area contributed by atoms with E-state index in [2.05, 4.69) is 17.3 Å². The number of carbonyl (C=O) groups excluding carboxylic acids is 1. The van der Waals surface area contributed by atoms with Gasteiger partial charge in [0.1, 0.15) is 0 Å². The number of amides is 1. The molecule has 1 fully saturated rings. The summed E-state index contributed by atoms with van der Waals surface area (Å²) < 4.78 is 0. The number of rotatable bonds is 5. The van der Waals surface area contributed by atoms with Crippen LogP contribution in [0.15, 0.2) is 0 Å². The normalized spacial score (nSPS) is 24.1. The van der Waals surface area contributed by atoms with E-state index >= 15 is 0 Å². The summed E-state index contributed by atoms with van der Waals surface area (Å²) in [7, 11) is 2.11. The van der Waals surface area contributed by atoms with Gasteiger partial charge in [0.15, 0.2) is 0 Å². The minimum Gasteiger partial charge on any atom is -0.354 e. The highest BCUT2D eigenvalue weighted by Gasteiger charge is 2.21. The molecular weight excluding hydrogens is 190 g/mol. The van der Waals surface area contributed by atoms with Crippen molar-refractivity contribution in [3.8, 4) is 0 Å². The lowest BCUT2D eigenvalue weighted by molar-refractivity contribution is -0.121. The molecule has 0 aromatic heterocycles. The molecule has 1 saturated heterocycles. The van der Waals surface area contributed by atoms with Gasteiger partial charge in [-0.15, -0.1) is 0 Å². The van der Waals surface area contributed by atoms with Crippen LogP contribution in [0.5, 0.6) is 0 Å². The summed E-state index contributed by atoms with van der Waals surface area (Å²) in [5, 5.41) is 2.96. The summed E-state index contributed by atoms with van der Waals surface area (Å²) in [5.74, 6) is 0.0876. The average Bonchev–Trinajstić information content (AvgIpc) is 2.61. The zero-order valence-corrected chi connectivity index (χ0v) is 9.83. The molecule has 1 aliphatic rings.